The van der Waals surface area contributed by atoms with Crippen LogP contribution in [0.2, 0.25) is 0 Å². The molecule has 0 fully saturated rings. The van der Waals surface area contributed by atoms with Gasteiger partial charge in [0.15, 0.2) is 0 Å². The number of carbonyl (C=O) groups excluding carboxylic acids is 1. The third-order valence-corrected chi connectivity index (χ3v) is 5.49. The minimum atomic E-state index is -0.413. The lowest BCUT2D eigenvalue weighted by Gasteiger charge is -2.21. The highest BCUT2D eigenvalue weighted by Crippen LogP contribution is 2.48. The molecule has 1 aliphatic rings. The van der Waals surface area contributed by atoms with Gasteiger partial charge in [0.2, 0.25) is 0 Å². The van der Waals surface area contributed by atoms with E-state index >= 15 is 0 Å². The van der Waals surface area contributed by atoms with Crippen LogP contribution in [0.25, 0.3) is 17.2 Å². The van der Waals surface area contributed by atoms with Crippen molar-refractivity contribution in [1.82, 2.24) is 5.32 Å². The number of amides is 1. The van der Waals surface area contributed by atoms with E-state index < -0.39 is 6.09 Å². The van der Waals surface area contributed by atoms with Gasteiger partial charge in [-0.3, -0.25) is 0 Å². The molecule has 0 saturated heterocycles. The number of benzene rings is 3. The molecule has 0 bridgehead atoms. The molecule has 1 aliphatic carbocycles. The summed E-state index contributed by atoms with van der Waals surface area (Å²) >= 11 is 0. The molecule has 0 aliphatic heterocycles. The van der Waals surface area contributed by atoms with Crippen LogP contribution in [-0.4, -0.2) is 12.6 Å². The van der Waals surface area contributed by atoms with Gasteiger partial charge in [0, 0.05) is 12.0 Å². The first-order valence-corrected chi connectivity index (χ1v) is 9.91. The normalized spacial score (nSPS) is 13.7. The molecule has 3 aromatic carbocycles. The quantitative estimate of drug-likeness (QED) is 0.593. The summed E-state index contributed by atoms with van der Waals surface area (Å²) < 4.78 is 5.22. The van der Waals surface area contributed by atoms with Gasteiger partial charge in [0.05, 0.1) is 0 Å². The van der Waals surface area contributed by atoms with Gasteiger partial charge < -0.3 is 10.1 Å². The Balaban J connectivity index is 1.36. The molecular formula is C26H25NO2. The predicted octanol–water partition coefficient (Wildman–Crippen LogP) is 5.93. The Hall–Kier alpha value is -3.33. The molecule has 3 heteroatoms. The summed E-state index contributed by atoms with van der Waals surface area (Å²) in [4.78, 5) is 11.8. The van der Waals surface area contributed by atoms with Crippen LogP contribution < -0.4 is 5.32 Å². The van der Waals surface area contributed by atoms with Crippen molar-refractivity contribution in [2.24, 2.45) is 0 Å². The smallest absolute Gasteiger partial charge is 0.407 e. The largest absolute Gasteiger partial charge is 0.445 e. The lowest BCUT2D eigenvalue weighted by atomic mass is 9.82. The molecule has 0 heterocycles. The molecule has 1 N–H and O–H groups in total. The number of nitrogens with one attached hydrogen (secondary N) is 1. The highest BCUT2D eigenvalue weighted by molar-refractivity contribution is 5.81. The van der Waals surface area contributed by atoms with Crippen molar-refractivity contribution in [2.75, 3.05) is 6.54 Å². The Morgan fingerprint density at radius 2 is 1.66 bits per heavy atom. The lowest BCUT2D eigenvalue weighted by Crippen LogP contribution is -2.24. The van der Waals surface area contributed by atoms with Gasteiger partial charge in [0.1, 0.15) is 6.61 Å². The highest BCUT2D eigenvalue weighted by atomic mass is 16.5. The second kappa shape index (κ2) is 7.96. The van der Waals surface area contributed by atoms with Crippen LogP contribution in [0.3, 0.4) is 0 Å². The Bertz CT molecular complexity index is 1050. The molecule has 3 nitrogen and oxygen atoms in total. The fraction of sp³-hybridized carbons (Fsp3) is 0.192. The molecule has 0 spiro atoms. The molecule has 1 amide bonds. The monoisotopic (exact) mass is 383 g/mol. The Labute approximate surface area is 172 Å². The van der Waals surface area contributed by atoms with Gasteiger partial charge >= 0.3 is 6.09 Å². The number of hydrogen-bond acceptors (Lipinski definition) is 2. The fourth-order valence-corrected chi connectivity index (χ4v) is 3.94. The SMILES string of the molecule is CC1(C)c2ccccc2-c2ccc(C=CCNC(=O)OCc3ccccc3)cc21. The summed E-state index contributed by atoms with van der Waals surface area (Å²) in [6.45, 7) is 5.25. The number of ether oxygens (including phenoxy) is 1. The molecule has 3 aromatic rings. The topological polar surface area (TPSA) is 38.3 Å². The molecule has 4 rings (SSSR count). The van der Waals surface area contributed by atoms with E-state index in [1.807, 2.05) is 42.5 Å². The van der Waals surface area contributed by atoms with Crippen molar-refractivity contribution in [1.29, 1.82) is 0 Å². The summed E-state index contributed by atoms with van der Waals surface area (Å²) in [5, 5.41) is 2.76. The van der Waals surface area contributed by atoms with Crippen LogP contribution in [0, 0.1) is 0 Å². The number of hydrogen-bond donors (Lipinski definition) is 1. The zero-order chi connectivity index (χ0) is 20.3. The maximum Gasteiger partial charge on any atom is 0.407 e. The molecular weight excluding hydrogens is 358 g/mol. The van der Waals surface area contributed by atoms with Crippen molar-refractivity contribution in [3.63, 3.8) is 0 Å². The number of alkyl carbamates (subject to hydrolysis) is 1. The van der Waals surface area contributed by atoms with Crippen molar-refractivity contribution in [3.8, 4) is 11.1 Å². The summed E-state index contributed by atoms with van der Waals surface area (Å²) in [6.07, 6.45) is 3.57. The van der Waals surface area contributed by atoms with E-state index in [-0.39, 0.29) is 12.0 Å². The van der Waals surface area contributed by atoms with Crippen LogP contribution in [0.15, 0.2) is 78.9 Å². The van der Waals surface area contributed by atoms with E-state index in [1.165, 1.54) is 22.3 Å². The Morgan fingerprint density at radius 3 is 2.48 bits per heavy atom. The van der Waals surface area contributed by atoms with E-state index in [9.17, 15) is 4.79 Å². The zero-order valence-electron chi connectivity index (χ0n) is 16.8. The van der Waals surface area contributed by atoms with Crippen LogP contribution >= 0.6 is 0 Å². The zero-order valence-corrected chi connectivity index (χ0v) is 16.8. The van der Waals surface area contributed by atoms with Crippen molar-refractivity contribution in [2.45, 2.75) is 25.9 Å². The predicted molar refractivity (Wildman–Crippen MR) is 118 cm³/mol. The summed E-state index contributed by atoms with van der Waals surface area (Å²) in [5.74, 6) is 0. The average Bonchev–Trinajstić information content (AvgIpc) is 2.98. The first-order valence-electron chi connectivity index (χ1n) is 9.91. The average molecular weight is 383 g/mol. The molecule has 0 aromatic heterocycles. The van der Waals surface area contributed by atoms with Gasteiger partial charge in [-0.05, 0) is 33.4 Å². The molecule has 0 saturated carbocycles. The van der Waals surface area contributed by atoms with E-state index in [2.05, 4.69) is 61.6 Å². The number of rotatable bonds is 5. The van der Waals surface area contributed by atoms with E-state index in [0.29, 0.717) is 6.54 Å². The maximum absolute atomic E-state index is 11.8. The van der Waals surface area contributed by atoms with Crippen LogP contribution in [0.4, 0.5) is 4.79 Å². The van der Waals surface area contributed by atoms with Crippen molar-refractivity contribution >= 4 is 12.2 Å². The fourth-order valence-electron chi connectivity index (χ4n) is 3.94. The lowest BCUT2D eigenvalue weighted by molar-refractivity contribution is 0.141. The van der Waals surface area contributed by atoms with Gasteiger partial charge in [0.25, 0.3) is 0 Å². The highest BCUT2D eigenvalue weighted by Gasteiger charge is 2.34. The van der Waals surface area contributed by atoms with Gasteiger partial charge in [-0.15, -0.1) is 0 Å². The summed E-state index contributed by atoms with van der Waals surface area (Å²) in [6, 6.07) is 24.8. The first kappa shape index (κ1) is 19.0. The molecule has 0 unspecified atom stereocenters. The number of carbonyl (C=O) groups is 1. The van der Waals surface area contributed by atoms with Crippen LogP contribution in [-0.2, 0) is 16.8 Å². The van der Waals surface area contributed by atoms with Crippen molar-refractivity contribution in [3.05, 3.63) is 101 Å². The standard InChI is InChI=1S/C26H25NO2/c1-26(2)23-13-7-6-12-21(23)22-15-14-19(17-24(22)26)11-8-16-27-25(28)29-18-20-9-4-3-5-10-20/h3-15,17H,16,18H2,1-2H3,(H,27,28). The second-order valence-electron chi connectivity index (χ2n) is 7.82. The molecule has 0 radical (unpaired) electrons. The molecule has 146 valence electrons. The Morgan fingerprint density at radius 1 is 0.931 bits per heavy atom. The molecule has 0 atom stereocenters. The first-order chi connectivity index (χ1) is 14.1. The van der Waals surface area contributed by atoms with Crippen molar-refractivity contribution < 1.29 is 9.53 Å². The number of fused-ring (bicyclic) bond motifs is 3. The van der Waals surface area contributed by atoms with Crippen LogP contribution in [0.1, 0.15) is 36.1 Å². The maximum atomic E-state index is 11.8. The summed E-state index contributed by atoms with van der Waals surface area (Å²) in [5.41, 5.74) is 7.45. The van der Waals surface area contributed by atoms with Gasteiger partial charge in [-0.2, -0.15) is 0 Å². The van der Waals surface area contributed by atoms with Gasteiger partial charge in [-0.1, -0.05) is 98.8 Å². The Kier molecular flexibility index (Phi) is 5.22. The minimum absolute atomic E-state index is 0.00469. The van der Waals surface area contributed by atoms with E-state index in [0.717, 1.165) is 11.1 Å². The second-order valence-corrected chi connectivity index (χ2v) is 7.82. The summed E-state index contributed by atoms with van der Waals surface area (Å²) in [7, 11) is 0. The van der Waals surface area contributed by atoms with Gasteiger partial charge in [-0.25, -0.2) is 4.79 Å². The third kappa shape index (κ3) is 3.95. The molecule has 29 heavy (non-hydrogen) atoms. The van der Waals surface area contributed by atoms with E-state index in [1.54, 1.807) is 0 Å². The van der Waals surface area contributed by atoms with E-state index in [4.69, 9.17) is 4.74 Å². The third-order valence-electron chi connectivity index (χ3n) is 5.49. The van der Waals surface area contributed by atoms with Crippen LogP contribution in [0.5, 0.6) is 0 Å². The minimum Gasteiger partial charge on any atom is -0.445 e.